The van der Waals surface area contributed by atoms with Crippen LogP contribution in [0.1, 0.15) is 17.5 Å². The maximum atomic E-state index is 12.0. The number of hydrogen-bond acceptors (Lipinski definition) is 2. The number of amides is 1. The molecule has 0 unspecified atom stereocenters. The highest BCUT2D eigenvalue weighted by molar-refractivity contribution is 9.10. The van der Waals surface area contributed by atoms with E-state index in [9.17, 15) is 4.79 Å². The summed E-state index contributed by atoms with van der Waals surface area (Å²) in [5.41, 5.74) is 4.20. The van der Waals surface area contributed by atoms with E-state index in [4.69, 9.17) is 0 Å². The van der Waals surface area contributed by atoms with Crippen LogP contribution < -0.4 is 10.6 Å². The quantitative estimate of drug-likeness (QED) is 0.836. The molecule has 0 heterocycles. The van der Waals surface area contributed by atoms with Gasteiger partial charge in [0.1, 0.15) is 0 Å². The zero-order chi connectivity index (χ0) is 15.2. The minimum atomic E-state index is 0.0216. The highest BCUT2D eigenvalue weighted by atomic mass is 79.9. The van der Waals surface area contributed by atoms with Crippen molar-refractivity contribution in [2.45, 2.75) is 20.3 Å². The fraction of sp³-hybridized carbons (Fsp3) is 0.235. The standard InChI is InChI=1S/C17H19BrN2O/c1-12-4-3-5-16(13(12)2)20-17(21)10-11-19-15-8-6-14(18)7-9-15/h3-9,19H,10-11H2,1-2H3,(H,20,21). The van der Waals surface area contributed by atoms with Gasteiger partial charge in [0.15, 0.2) is 0 Å². The summed E-state index contributed by atoms with van der Waals surface area (Å²) in [7, 11) is 0. The molecule has 0 aliphatic carbocycles. The lowest BCUT2D eigenvalue weighted by Gasteiger charge is -2.11. The molecule has 0 saturated carbocycles. The summed E-state index contributed by atoms with van der Waals surface area (Å²) in [6.45, 7) is 4.67. The number of anilines is 2. The van der Waals surface area contributed by atoms with Gasteiger partial charge >= 0.3 is 0 Å². The molecule has 21 heavy (non-hydrogen) atoms. The number of carbonyl (C=O) groups excluding carboxylic acids is 1. The molecule has 0 bridgehead atoms. The van der Waals surface area contributed by atoms with E-state index in [-0.39, 0.29) is 5.91 Å². The number of hydrogen-bond donors (Lipinski definition) is 2. The van der Waals surface area contributed by atoms with Gasteiger partial charge in [-0.25, -0.2) is 0 Å². The minimum Gasteiger partial charge on any atom is -0.385 e. The summed E-state index contributed by atoms with van der Waals surface area (Å²) < 4.78 is 1.04. The molecule has 0 aliphatic heterocycles. The first-order valence-corrected chi connectivity index (χ1v) is 7.71. The first-order chi connectivity index (χ1) is 10.1. The highest BCUT2D eigenvalue weighted by Gasteiger charge is 2.05. The van der Waals surface area contributed by atoms with E-state index in [1.165, 1.54) is 5.56 Å². The van der Waals surface area contributed by atoms with Crippen molar-refractivity contribution >= 4 is 33.2 Å². The number of carbonyl (C=O) groups is 1. The van der Waals surface area contributed by atoms with Gasteiger partial charge in [0, 0.05) is 28.8 Å². The Bertz CT molecular complexity index is 623. The van der Waals surface area contributed by atoms with Crippen molar-refractivity contribution in [2.24, 2.45) is 0 Å². The van der Waals surface area contributed by atoms with Gasteiger partial charge < -0.3 is 10.6 Å². The van der Waals surface area contributed by atoms with Crippen molar-refractivity contribution in [3.05, 3.63) is 58.1 Å². The molecule has 0 fully saturated rings. The third-order valence-electron chi connectivity index (χ3n) is 3.40. The summed E-state index contributed by atoms with van der Waals surface area (Å²) in [5, 5.41) is 6.19. The Labute approximate surface area is 133 Å². The van der Waals surface area contributed by atoms with Crippen LogP contribution in [0.15, 0.2) is 46.9 Å². The molecule has 2 rings (SSSR count). The SMILES string of the molecule is Cc1cccc(NC(=O)CCNc2ccc(Br)cc2)c1C. The molecule has 0 aliphatic rings. The minimum absolute atomic E-state index is 0.0216. The average molecular weight is 347 g/mol. The Morgan fingerprint density at radius 2 is 1.81 bits per heavy atom. The predicted octanol–water partition coefficient (Wildman–Crippen LogP) is 4.51. The van der Waals surface area contributed by atoms with Crippen LogP contribution in [0.5, 0.6) is 0 Å². The first kappa shape index (κ1) is 15.6. The van der Waals surface area contributed by atoms with Crippen LogP contribution in [-0.2, 0) is 4.79 Å². The number of aryl methyl sites for hydroxylation is 1. The molecule has 0 radical (unpaired) electrons. The molecule has 2 aromatic carbocycles. The van der Waals surface area contributed by atoms with Gasteiger partial charge in [0.05, 0.1) is 0 Å². The number of rotatable bonds is 5. The zero-order valence-electron chi connectivity index (χ0n) is 12.2. The maximum absolute atomic E-state index is 12.0. The summed E-state index contributed by atoms with van der Waals surface area (Å²) in [4.78, 5) is 12.0. The first-order valence-electron chi connectivity index (χ1n) is 6.92. The van der Waals surface area contributed by atoms with Crippen LogP contribution in [0.2, 0.25) is 0 Å². The van der Waals surface area contributed by atoms with Crippen LogP contribution in [0.4, 0.5) is 11.4 Å². The third kappa shape index (κ3) is 4.60. The molecule has 2 aromatic rings. The van der Waals surface area contributed by atoms with Crippen molar-refractivity contribution in [1.29, 1.82) is 0 Å². The Morgan fingerprint density at radius 3 is 2.52 bits per heavy atom. The van der Waals surface area contributed by atoms with Crippen molar-refractivity contribution in [2.75, 3.05) is 17.2 Å². The van der Waals surface area contributed by atoms with Crippen LogP contribution in [0.3, 0.4) is 0 Å². The van der Waals surface area contributed by atoms with E-state index >= 15 is 0 Å². The molecule has 0 aromatic heterocycles. The smallest absolute Gasteiger partial charge is 0.226 e. The summed E-state index contributed by atoms with van der Waals surface area (Å²) >= 11 is 3.39. The Balaban J connectivity index is 1.82. The number of nitrogens with one attached hydrogen (secondary N) is 2. The Morgan fingerprint density at radius 1 is 1.10 bits per heavy atom. The lowest BCUT2D eigenvalue weighted by molar-refractivity contribution is -0.115. The van der Waals surface area contributed by atoms with Crippen molar-refractivity contribution in [3.63, 3.8) is 0 Å². The van der Waals surface area contributed by atoms with Gasteiger partial charge in [-0.15, -0.1) is 0 Å². The van der Waals surface area contributed by atoms with E-state index in [1.807, 2.05) is 56.3 Å². The molecule has 0 saturated heterocycles. The summed E-state index contributed by atoms with van der Waals surface area (Å²) in [6.07, 6.45) is 0.434. The number of halogens is 1. The molecular formula is C17H19BrN2O. The average Bonchev–Trinajstić information content (AvgIpc) is 2.46. The van der Waals surface area contributed by atoms with Crippen LogP contribution >= 0.6 is 15.9 Å². The van der Waals surface area contributed by atoms with Crippen molar-refractivity contribution < 1.29 is 4.79 Å². The monoisotopic (exact) mass is 346 g/mol. The third-order valence-corrected chi connectivity index (χ3v) is 3.93. The van der Waals surface area contributed by atoms with E-state index in [2.05, 4.69) is 26.6 Å². The molecule has 2 N–H and O–H groups in total. The van der Waals surface area contributed by atoms with Crippen molar-refractivity contribution in [1.82, 2.24) is 0 Å². The lowest BCUT2D eigenvalue weighted by Crippen LogP contribution is -2.17. The molecule has 0 atom stereocenters. The predicted molar refractivity (Wildman–Crippen MR) is 91.8 cm³/mol. The Hall–Kier alpha value is -1.81. The van der Waals surface area contributed by atoms with E-state index in [0.717, 1.165) is 21.4 Å². The molecule has 3 nitrogen and oxygen atoms in total. The largest absolute Gasteiger partial charge is 0.385 e. The van der Waals surface area contributed by atoms with Gasteiger partial charge in [0.2, 0.25) is 5.91 Å². The molecule has 0 spiro atoms. The van der Waals surface area contributed by atoms with Crippen LogP contribution in [-0.4, -0.2) is 12.5 Å². The maximum Gasteiger partial charge on any atom is 0.226 e. The van der Waals surface area contributed by atoms with Crippen LogP contribution in [0.25, 0.3) is 0 Å². The fourth-order valence-corrected chi connectivity index (χ4v) is 2.25. The molecule has 110 valence electrons. The van der Waals surface area contributed by atoms with Crippen LogP contribution in [0, 0.1) is 13.8 Å². The van der Waals surface area contributed by atoms with E-state index < -0.39 is 0 Å². The normalized spacial score (nSPS) is 10.2. The lowest BCUT2D eigenvalue weighted by atomic mass is 10.1. The fourth-order valence-electron chi connectivity index (χ4n) is 1.99. The number of benzene rings is 2. The van der Waals surface area contributed by atoms with Gasteiger partial charge in [-0.2, -0.15) is 0 Å². The zero-order valence-corrected chi connectivity index (χ0v) is 13.8. The van der Waals surface area contributed by atoms with Gasteiger partial charge in [0.25, 0.3) is 0 Å². The summed E-state index contributed by atoms with van der Waals surface area (Å²) in [6, 6.07) is 13.8. The van der Waals surface area contributed by atoms with Gasteiger partial charge in [-0.05, 0) is 55.3 Å². The van der Waals surface area contributed by atoms with E-state index in [0.29, 0.717) is 13.0 Å². The molecule has 1 amide bonds. The molecule has 4 heteroatoms. The molecular weight excluding hydrogens is 328 g/mol. The second-order valence-corrected chi connectivity index (χ2v) is 5.89. The van der Waals surface area contributed by atoms with E-state index in [1.54, 1.807) is 0 Å². The van der Waals surface area contributed by atoms with Gasteiger partial charge in [-0.3, -0.25) is 4.79 Å². The second-order valence-electron chi connectivity index (χ2n) is 4.98. The van der Waals surface area contributed by atoms with Gasteiger partial charge in [-0.1, -0.05) is 28.1 Å². The Kier molecular flexibility index (Phi) is 5.39. The topological polar surface area (TPSA) is 41.1 Å². The van der Waals surface area contributed by atoms with Crippen molar-refractivity contribution in [3.8, 4) is 0 Å². The summed E-state index contributed by atoms with van der Waals surface area (Å²) in [5.74, 6) is 0.0216. The highest BCUT2D eigenvalue weighted by Crippen LogP contribution is 2.18. The second kappa shape index (κ2) is 7.27.